The summed E-state index contributed by atoms with van der Waals surface area (Å²) in [5.74, 6) is -3.64. The predicted octanol–water partition coefficient (Wildman–Crippen LogP) is 3.50. The van der Waals surface area contributed by atoms with Gasteiger partial charge in [0.1, 0.15) is 11.4 Å². The van der Waals surface area contributed by atoms with Crippen molar-refractivity contribution in [1.82, 2.24) is 29.2 Å². The molecule has 0 atom stereocenters. The minimum Gasteiger partial charge on any atom is -0.331 e. The van der Waals surface area contributed by atoms with E-state index in [-0.39, 0.29) is 18.0 Å². The summed E-state index contributed by atoms with van der Waals surface area (Å²) in [4.78, 5) is 23.5. The number of aryl methyl sites for hydroxylation is 1. The topological polar surface area (TPSA) is 68.8 Å². The van der Waals surface area contributed by atoms with E-state index in [1.54, 1.807) is 35.8 Å². The third-order valence-electron chi connectivity index (χ3n) is 5.85. The first-order chi connectivity index (χ1) is 15.8. The number of amides is 1. The van der Waals surface area contributed by atoms with Gasteiger partial charge in [0.2, 0.25) is 0 Å². The van der Waals surface area contributed by atoms with Crippen molar-refractivity contribution in [1.29, 1.82) is 0 Å². The van der Waals surface area contributed by atoms with Crippen molar-refractivity contribution in [3.8, 4) is 22.8 Å². The van der Waals surface area contributed by atoms with E-state index in [1.807, 2.05) is 12.1 Å². The minimum absolute atomic E-state index is 0.203. The molecule has 0 aliphatic carbocycles. The summed E-state index contributed by atoms with van der Waals surface area (Å²) in [5, 5.41) is 4.46. The average Bonchev–Trinajstić information content (AvgIpc) is 3.35. The number of imidazole rings is 1. The number of nitrogens with zero attached hydrogens (tertiary/aromatic N) is 6. The van der Waals surface area contributed by atoms with Crippen molar-refractivity contribution in [2.75, 3.05) is 6.54 Å². The molecule has 10 heteroatoms. The fraction of sp³-hybridized carbons (Fsp3) is 0.217. The number of fused-ring (bicyclic) bond motifs is 1. The Morgan fingerprint density at radius 1 is 1.06 bits per heavy atom. The number of aromatic nitrogens is 5. The van der Waals surface area contributed by atoms with Crippen LogP contribution in [0.5, 0.6) is 0 Å². The van der Waals surface area contributed by atoms with Crippen molar-refractivity contribution >= 4 is 5.91 Å². The number of hydrogen-bond donors (Lipinski definition) is 0. The van der Waals surface area contributed by atoms with Crippen molar-refractivity contribution in [3.05, 3.63) is 77.1 Å². The van der Waals surface area contributed by atoms with Gasteiger partial charge in [-0.2, -0.15) is 5.10 Å². The lowest BCUT2D eigenvalue weighted by molar-refractivity contribution is 0.0722. The van der Waals surface area contributed by atoms with Crippen molar-refractivity contribution < 1.29 is 18.0 Å². The third-order valence-corrected chi connectivity index (χ3v) is 5.85. The summed E-state index contributed by atoms with van der Waals surface area (Å²) < 4.78 is 44.2. The van der Waals surface area contributed by atoms with Gasteiger partial charge < -0.3 is 9.47 Å². The molecular formula is C23H19F3N6O. The van der Waals surface area contributed by atoms with Gasteiger partial charge in [-0.15, -0.1) is 0 Å². The van der Waals surface area contributed by atoms with Crippen molar-refractivity contribution in [2.45, 2.75) is 13.0 Å². The van der Waals surface area contributed by atoms with Gasteiger partial charge in [0.05, 0.1) is 24.1 Å². The van der Waals surface area contributed by atoms with Crippen LogP contribution in [0.2, 0.25) is 0 Å². The van der Waals surface area contributed by atoms with Crippen LogP contribution in [-0.2, 0) is 27.1 Å². The number of hydrogen-bond acceptors (Lipinski definition) is 4. The molecule has 1 aliphatic rings. The molecule has 0 radical (unpaired) electrons. The number of benzene rings is 1. The van der Waals surface area contributed by atoms with E-state index in [1.165, 1.54) is 10.9 Å². The van der Waals surface area contributed by atoms with Crippen LogP contribution < -0.4 is 0 Å². The molecule has 168 valence electrons. The Morgan fingerprint density at radius 3 is 2.52 bits per heavy atom. The van der Waals surface area contributed by atoms with Gasteiger partial charge in [-0.3, -0.25) is 14.5 Å². The molecule has 0 saturated heterocycles. The van der Waals surface area contributed by atoms with Gasteiger partial charge in [-0.25, -0.2) is 18.2 Å². The zero-order chi connectivity index (χ0) is 23.3. The molecule has 0 spiro atoms. The van der Waals surface area contributed by atoms with Crippen LogP contribution >= 0.6 is 0 Å². The highest BCUT2D eigenvalue weighted by Crippen LogP contribution is 2.32. The Balaban J connectivity index is 1.44. The molecule has 33 heavy (non-hydrogen) atoms. The van der Waals surface area contributed by atoms with Crippen LogP contribution in [-0.4, -0.2) is 41.7 Å². The fourth-order valence-electron chi connectivity index (χ4n) is 4.25. The van der Waals surface area contributed by atoms with Crippen LogP contribution in [0.15, 0.2) is 42.7 Å². The van der Waals surface area contributed by atoms with Gasteiger partial charge in [-0.1, -0.05) is 6.07 Å². The first-order valence-corrected chi connectivity index (χ1v) is 10.3. The maximum absolute atomic E-state index is 13.8. The Labute approximate surface area is 187 Å². The molecule has 7 nitrogen and oxygen atoms in total. The molecule has 0 saturated carbocycles. The number of pyridine rings is 1. The Bertz CT molecular complexity index is 1360. The molecule has 0 fully saturated rings. The normalized spacial score (nSPS) is 13.3. The van der Waals surface area contributed by atoms with E-state index in [4.69, 9.17) is 0 Å². The van der Waals surface area contributed by atoms with Crippen LogP contribution in [0.3, 0.4) is 0 Å². The quantitative estimate of drug-likeness (QED) is 0.446. The third kappa shape index (κ3) is 3.47. The van der Waals surface area contributed by atoms with Gasteiger partial charge in [0, 0.05) is 38.0 Å². The van der Waals surface area contributed by atoms with Crippen LogP contribution in [0.25, 0.3) is 22.8 Å². The van der Waals surface area contributed by atoms with E-state index in [0.29, 0.717) is 41.6 Å². The smallest absolute Gasteiger partial charge is 0.272 e. The summed E-state index contributed by atoms with van der Waals surface area (Å²) >= 11 is 0. The second-order valence-electron chi connectivity index (χ2n) is 7.87. The van der Waals surface area contributed by atoms with Gasteiger partial charge >= 0.3 is 0 Å². The Hall–Kier alpha value is -3.95. The van der Waals surface area contributed by atoms with E-state index in [9.17, 15) is 18.0 Å². The van der Waals surface area contributed by atoms with E-state index in [0.717, 1.165) is 17.7 Å². The van der Waals surface area contributed by atoms with Crippen LogP contribution in [0.1, 0.15) is 21.7 Å². The second kappa shape index (κ2) is 7.88. The molecule has 4 aromatic rings. The molecule has 0 N–H and O–H groups in total. The average molecular weight is 452 g/mol. The van der Waals surface area contributed by atoms with Crippen LogP contribution in [0, 0.1) is 17.5 Å². The monoisotopic (exact) mass is 452 g/mol. The summed E-state index contributed by atoms with van der Waals surface area (Å²) in [6.45, 7) is 0.624. The lowest BCUT2D eigenvalue weighted by Crippen LogP contribution is -2.36. The molecule has 0 bridgehead atoms. The first kappa shape index (κ1) is 20.9. The lowest BCUT2D eigenvalue weighted by atomic mass is 9.99. The summed E-state index contributed by atoms with van der Waals surface area (Å²) in [6.07, 6.45) is 3.63. The number of halogens is 3. The summed E-state index contributed by atoms with van der Waals surface area (Å²) in [7, 11) is 3.41. The zero-order valence-electron chi connectivity index (χ0n) is 17.9. The summed E-state index contributed by atoms with van der Waals surface area (Å²) in [5.41, 5.74) is 3.20. The number of rotatable bonds is 3. The maximum atomic E-state index is 13.8. The SMILES string of the molecule is Cn1nc2c(c1-c1cc(F)c(F)c(F)c1)CCN(C(=O)c1cnc(-c3ccccn3)n1C)C2. The first-order valence-electron chi connectivity index (χ1n) is 10.3. The van der Waals surface area contributed by atoms with Gasteiger partial charge in [-0.05, 0) is 30.7 Å². The molecular weight excluding hydrogens is 433 g/mol. The van der Waals surface area contributed by atoms with E-state index < -0.39 is 17.5 Å². The van der Waals surface area contributed by atoms with Gasteiger partial charge in [0.25, 0.3) is 5.91 Å². The van der Waals surface area contributed by atoms with E-state index >= 15 is 0 Å². The molecule has 3 aromatic heterocycles. The standard InChI is InChI=1S/C23H19F3N6O/c1-30-19(11-28-22(30)17-5-3-4-7-27-17)23(33)32-8-6-14-18(12-32)29-31(2)21(14)13-9-15(24)20(26)16(25)10-13/h3-5,7,9-11H,6,8,12H2,1-2H3. The minimum atomic E-state index is -1.51. The largest absolute Gasteiger partial charge is 0.331 e. The molecule has 5 rings (SSSR count). The molecule has 1 amide bonds. The van der Waals surface area contributed by atoms with Crippen molar-refractivity contribution in [2.24, 2.45) is 14.1 Å². The van der Waals surface area contributed by atoms with Crippen molar-refractivity contribution in [3.63, 3.8) is 0 Å². The fourth-order valence-corrected chi connectivity index (χ4v) is 4.25. The highest BCUT2D eigenvalue weighted by Gasteiger charge is 2.30. The maximum Gasteiger partial charge on any atom is 0.272 e. The summed E-state index contributed by atoms with van der Waals surface area (Å²) in [6, 6.07) is 7.40. The number of carbonyl (C=O) groups excluding carboxylic acids is 1. The molecule has 4 heterocycles. The number of carbonyl (C=O) groups is 1. The highest BCUT2D eigenvalue weighted by atomic mass is 19.2. The van der Waals surface area contributed by atoms with Crippen LogP contribution in [0.4, 0.5) is 13.2 Å². The second-order valence-corrected chi connectivity index (χ2v) is 7.87. The predicted molar refractivity (Wildman–Crippen MR) is 113 cm³/mol. The Kier molecular flexibility index (Phi) is 4.99. The Morgan fingerprint density at radius 2 is 1.82 bits per heavy atom. The molecule has 0 unspecified atom stereocenters. The lowest BCUT2D eigenvalue weighted by Gasteiger charge is -2.26. The van der Waals surface area contributed by atoms with Gasteiger partial charge in [0.15, 0.2) is 23.3 Å². The highest BCUT2D eigenvalue weighted by molar-refractivity contribution is 5.93. The molecule has 1 aromatic carbocycles. The molecule has 1 aliphatic heterocycles. The van der Waals surface area contributed by atoms with E-state index in [2.05, 4.69) is 15.1 Å². The zero-order valence-corrected chi connectivity index (χ0v) is 17.9.